The molecule has 8 rings (SSSR count). The molecule has 2 aliphatic carbocycles. The maximum Gasteiger partial charge on any atom is 0.335 e. The number of aromatic carboxylic acids is 1. The van der Waals surface area contributed by atoms with Crippen LogP contribution in [0.3, 0.4) is 0 Å². The topological polar surface area (TPSA) is 172 Å². The molecule has 5 N–H and O–H groups in total. The number of aryl methyl sites for hydroxylation is 2. The Bertz CT molecular complexity index is 2000. The van der Waals surface area contributed by atoms with Gasteiger partial charge in [-0.15, -0.1) is 0 Å². The van der Waals surface area contributed by atoms with Gasteiger partial charge in [-0.1, -0.05) is 49.4 Å². The molecule has 3 aromatic rings. The number of carbonyl (C=O) groups excluding carboxylic acids is 1. The van der Waals surface area contributed by atoms with E-state index < -0.39 is 42.8 Å². The molecule has 9 atom stereocenters. The van der Waals surface area contributed by atoms with Crippen molar-refractivity contribution in [2.45, 2.75) is 76.2 Å². The summed E-state index contributed by atoms with van der Waals surface area (Å²) < 4.78 is 25.0. The summed E-state index contributed by atoms with van der Waals surface area (Å²) in [5.74, 6) is -1.22. The quantitative estimate of drug-likeness (QED) is 0.200. The van der Waals surface area contributed by atoms with E-state index >= 15 is 0 Å². The van der Waals surface area contributed by atoms with Crippen LogP contribution in [-0.2, 0) is 20.6 Å². The molecular formula is C42H46O11. The Morgan fingerprint density at radius 3 is 2.62 bits per heavy atom. The Hall–Kier alpha value is -4.10. The number of carboxylic acids is 1. The van der Waals surface area contributed by atoms with Crippen molar-refractivity contribution < 1.29 is 54.1 Å². The maximum atomic E-state index is 13.6. The van der Waals surface area contributed by atoms with Gasteiger partial charge in [0.15, 0.2) is 5.78 Å². The van der Waals surface area contributed by atoms with Gasteiger partial charge in [-0.2, -0.15) is 0 Å². The van der Waals surface area contributed by atoms with Gasteiger partial charge in [0.25, 0.3) is 0 Å². The largest absolute Gasteiger partial charge is 0.506 e. The zero-order chi connectivity index (χ0) is 37.2. The summed E-state index contributed by atoms with van der Waals surface area (Å²) >= 11 is 0. The molecular weight excluding hydrogens is 680 g/mol. The van der Waals surface area contributed by atoms with E-state index in [0.29, 0.717) is 48.8 Å². The number of fused-ring (bicyclic) bond motifs is 3. The number of phenols is 1. The molecule has 280 valence electrons. The zero-order valence-electron chi connectivity index (χ0n) is 29.9. The molecule has 11 heteroatoms. The van der Waals surface area contributed by atoms with Gasteiger partial charge in [-0.3, -0.25) is 4.79 Å². The molecule has 0 amide bonds. The Kier molecular flexibility index (Phi) is 9.45. The van der Waals surface area contributed by atoms with Crippen LogP contribution < -0.4 is 4.74 Å². The standard InChI is InChI=1S/C42H46O11/c1-21-14-25-15-26(40(48)49)16-32(36(25)37(45)34(21)31(44)11-8-23-6-4-3-5-7-23)52-41-38(46)39(47)42(33(18-43)53-41)17-29-22(2)27-12-13-50-20-30(27)28-10-9-24(19-51-42)35(28)29/h3-7,10,14-16,22,27,29-30,33,38-39,41,43,45-47H,8-9,11-13,17-20H2,1-2H3,(H,48,49)/t22-,27+,29-,30-,33+,38+,39+,41-,42-/m0/s1. The van der Waals surface area contributed by atoms with E-state index in [1.54, 1.807) is 13.0 Å². The van der Waals surface area contributed by atoms with Gasteiger partial charge < -0.3 is 44.5 Å². The number of rotatable bonds is 8. The molecule has 0 radical (unpaired) electrons. The van der Waals surface area contributed by atoms with Crippen molar-refractivity contribution >= 4 is 22.5 Å². The van der Waals surface area contributed by atoms with E-state index in [4.69, 9.17) is 18.9 Å². The highest BCUT2D eigenvalue weighted by atomic mass is 16.7. The molecule has 0 bridgehead atoms. The summed E-state index contributed by atoms with van der Waals surface area (Å²) in [6, 6.07) is 13.7. The Balaban J connectivity index is 1.11. The number of aliphatic hydroxyl groups is 3. The average molecular weight is 727 g/mol. The fourth-order valence-corrected chi connectivity index (χ4v) is 9.85. The summed E-state index contributed by atoms with van der Waals surface area (Å²) in [6.45, 7) is 4.91. The van der Waals surface area contributed by atoms with Crippen LogP contribution in [0.1, 0.15) is 64.4 Å². The lowest BCUT2D eigenvalue weighted by Crippen LogP contribution is -2.69. The second-order valence-corrected chi connectivity index (χ2v) is 15.4. The van der Waals surface area contributed by atoms with Crippen molar-refractivity contribution in [2.24, 2.45) is 23.7 Å². The van der Waals surface area contributed by atoms with Crippen molar-refractivity contribution in [3.63, 3.8) is 0 Å². The number of aromatic hydroxyl groups is 1. The van der Waals surface area contributed by atoms with Gasteiger partial charge in [0.05, 0.1) is 36.3 Å². The third kappa shape index (κ3) is 5.98. The first-order valence-electron chi connectivity index (χ1n) is 18.6. The first-order chi connectivity index (χ1) is 25.5. The number of hydrogen-bond donors (Lipinski definition) is 5. The number of Topliss-reactive ketones (excluding diaryl/α,β-unsaturated/α-hetero) is 1. The first kappa shape index (κ1) is 35.9. The highest BCUT2D eigenvalue weighted by Gasteiger charge is 2.61. The number of benzene rings is 3. The number of phenolic OH excluding ortho intramolecular Hbond substituents is 1. The molecule has 0 unspecified atom stereocenters. The highest BCUT2D eigenvalue weighted by molar-refractivity contribution is 6.09. The Morgan fingerprint density at radius 1 is 1.08 bits per heavy atom. The van der Waals surface area contributed by atoms with Crippen LogP contribution in [0.2, 0.25) is 0 Å². The molecule has 3 heterocycles. The number of allylic oxidation sites excluding steroid dienone is 2. The van der Waals surface area contributed by atoms with Crippen LogP contribution in [0.5, 0.6) is 11.5 Å². The van der Waals surface area contributed by atoms with Crippen molar-refractivity contribution in [2.75, 3.05) is 26.4 Å². The fourth-order valence-electron chi connectivity index (χ4n) is 9.85. The third-order valence-electron chi connectivity index (χ3n) is 12.5. The number of hydrogen-bond acceptors (Lipinski definition) is 10. The predicted molar refractivity (Wildman–Crippen MR) is 193 cm³/mol. The van der Waals surface area contributed by atoms with Crippen LogP contribution in [0.4, 0.5) is 0 Å². The van der Waals surface area contributed by atoms with E-state index in [1.807, 2.05) is 30.3 Å². The van der Waals surface area contributed by atoms with Gasteiger partial charge in [0.1, 0.15) is 35.4 Å². The first-order valence-corrected chi connectivity index (χ1v) is 18.6. The molecule has 53 heavy (non-hydrogen) atoms. The van der Waals surface area contributed by atoms with Crippen LogP contribution in [-0.4, -0.2) is 93.9 Å². The minimum atomic E-state index is -1.70. The third-order valence-corrected chi connectivity index (χ3v) is 12.5. The van der Waals surface area contributed by atoms with Gasteiger partial charge >= 0.3 is 5.97 Å². The molecule has 3 aromatic carbocycles. The Morgan fingerprint density at radius 2 is 1.87 bits per heavy atom. The van der Waals surface area contributed by atoms with Crippen molar-refractivity contribution in [3.05, 3.63) is 93.6 Å². The summed E-state index contributed by atoms with van der Waals surface area (Å²) in [6.07, 6.45) is -1.17. The van der Waals surface area contributed by atoms with E-state index in [2.05, 4.69) is 13.0 Å². The normalized spacial score (nSPS) is 32.2. The van der Waals surface area contributed by atoms with Crippen molar-refractivity contribution in [1.82, 2.24) is 0 Å². The molecule has 3 aliphatic heterocycles. The van der Waals surface area contributed by atoms with Crippen LogP contribution in [0.25, 0.3) is 10.8 Å². The number of carbonyl (C=O) groups is 2. The average Bonchev–Trinajstić information content (AvgIpc) is 3.50. The Labute approximate surface area is 307 Å². The van der Waals surface area contributed by atoms with E-state index in [0.717, 1.165) is 24.0 Å². The van der Waals surface area contributed by atoms with Gasteiger partial charge in [-0.05, 0) is 95.7 Å². The van der Waals surface area contributed by atoms with Crippen LogP contribution >= 0.6 is 0 Å². The second-order valence-electron chi connectivity index (χ2n) is 15.4. The summed E-state index contributed by atoms with van der Waals surface area (Å²) in [5, 5.41) is 56.6. The SMILES string of the molecule is Cc1cc2cc(C(=O)O)cc(O[C@H]3O[C@H](CO)[C@@]4(C[C@@H]5C6=C(CC=C6[C@H]6COCC[C@@H]6[C@@H]5C)CO4)[C@H](O)[C@H]3O)c2c(O)c1C(=O)CCc1ccccc1. The molecule has 1 saturated carbocycles. The molecule has 11 nitrogen and oxygen atoms in total. The fraction of sp³-hybridized carbons (Fsp3) is 0.476. The van der Waals surface area contributed by atoms with Gasteiger partial charge in [-0.25, -0.2) is 4.79 Å². The minimum Gasteiger partial charge on any atom is -0.506 e. The smallest absolute Gasteiger partial charge is 0.335 e. The van der Waals surface area contributed by atoms with Crippen molar-refractivity contribution in [1.29, 1.82) is 0 Å². The summed E-state index contributed by atoms with van der Waals surface area (Å²) in [5.41, 5.74) is 3.52. The molecule has 3 fully saturated rings. The van der Waals surface area contributed by atoms with Crippen LogP contribution in [0.15, 0.2) is 71.3 Å². The number of ether oxygens (including phenoxy) is 4. The van der Waals surface area contributed by atoms with E-state index in [9.17, 15) is 35.1 Å². The lowest BCUT2D eigenvalue weighted by Gasteiger charge is -2.53. The van der Waals surface area contributed by atoms with Crippen molar-refractivity contribution in [3.8, 4) is 11.5 Å². The molecule has 5 aliphatic rings. The predicted octanol–water partition coefficient (Wildman–Crippen LogP) is 4.89. The lowest BCUT2D eigenvalue weighted by molar-refractivity contribution is -0.325. The van der Waals surface area contributed by atoms with Gasteiger partial charge in [0, 0.05) is 18.9 Å². The zero-order valence-corrected chi connectivity index (χ0v) is 29.9. The van der Waals surface area contributed by atoms with Crippen LogP contribution in [0, 0.1) is 30.6 Å². The molecule has 2 saturated heterocycles. The molecule has 0 aromatic heterocycles. The van der Waals surface area contributed by atoms with Gasteiger partial charge in [0.2, 0.25) is 6.29 Å². The minimum absolute atomic E-state index is 0.00760. The number of aliphatic hydroxyl groups excluding tert-OH is 3. The number of ketones is 1. The lowest BCUT2D eigenvalue weighted by atomic mass is 9.58. The molecule has 1 spiro atoms. The second kappa shape index (κ2) is 14.0. The number of carboxylic acid groups (broad SMARTS) is 1. The highest BCUT2D eigenvalue weighted by Crippen LogP contribution is 2.57. The monoisotopic (exact) mass is 726 g/mol. The maximum absolute atomic E-state index is 13.6. The van der Waals surface area contributed by atoms with E-state index in [-0.39, 0.29) is 58.7 Å². The van der Waals surface area contributed by atoms with E-state index in [1.165, 1.54) is 23.3 Å². The summed E-state index contributed by atoms with van der Waals surface area (Å²) in [7, 11) is 0. The summed E-state index contributed by atoms with van der Waals surface area (Å²) in [4.78, 5) is 25.8.